The normalized spacial score (nSPS) is 17.1. The summed E-state index contributed by atoms with van der Waals surface area (Å²) in [6.07, 6.45) is 5.22. The second-order valence-corrected chi connectivity index (χ2v) is 7.27. The van der Waals surface area contributed by atoms with E-state index < -0.39 is 10.0 Å². The first-order valence-corrected chi connectivity index (χ1v) is 8.90. The molecule has 0 heterocycles. The molecular formula is C15H24N2O3S. The molecule has 0 atom stereocenters. The third-order valence-electron chi connectivity index (χ3n) is 4.07. The number of nitrogen functional groups attached to an aromatic ring is 1. The molecule has 21 heavy (non-hydrogen) atoms. The summed E-state index contributed by atoms with van der Waals surface area (Å²) in [6.45, 7) is 2.34. The standard InChI is InChI=1S/C15H24N2O3S/c1-3-17(13-7-5-4-6-8-13)21(18,19)15-11-12(16)9-10-14(15)20-2/h9-11,13H,3-8,16H2,1-2H3. The number of hydrogen-bond acceptors (Lipinski definition) is 4. The molecule has 0 saturated heterocycles. The Kier molecular flexibility index (Phi) is 5.11. The van der Waals surface area contributed by atoms with Crippen molar-refractivity contribution in [1.82, 2.24) is 4.31 Å². The minimum atomic E-state index is -3.59. The molecule has 1 aromatic carbocycles. The third kappa shape index (κ3) is 3.32. The molecule has 5 nitrogen and oxygen atoms in total. The molecule has 0 aromatic heterocycles. The topological polar surface area (TPSA) is 72.6 Å². The quantitative estimate of drug-likeness (QED) is 0.848. The minimum absolute atomic E-state index is 0.0832. The van der Waals surface area contributed by atoms with Crippen LogP contribution in [0.5, 0.6) is 5.75 Å². The van der Waals surface area contributed by atoms with Crippen molar-refractivity contribution in [3.05, 3.63) is 18.2 Å². The summed E-state index contributed by atoms with van der Waals surface area (Å²) >= 11 is 0. The lowest BCUT2D eigenvalue weighted by Gasteiger charge is -2.32. The van der Waals surface area contributed by atoms with Crippen LogP contribution in [0.1, 0.15) is 39.0 Å². The van der Waals surface area contributed by atoms with Crippen molar-refractivity contribution >= 4 is 15.7 Å². The Balaban J connectivity index is 2.41. The molecule has 1 fully saturated rings. The van der Waals surface area contributed by atoms with Gasteiger partial charge in [0, 0.05) is 18.3 Å². The van der Waals surface area contributed by atoms with E-state index in [2.05, 4.69) is 0 Å². The zero-order valence-electron chi connectivity index (χ0n) is 12.7. The first-order valence-electron chi connectivity index (χ1n) is 7.46. The number of hydrogen-bond donors (Lipinski definition) is 1. The number of sulfonamides is 1. The Bertz CT molecular complexity index is 581. The molecule has 0 aliphatic heterocycles. The number of nitrogens with zero attached hydrogens (tertiary/aromatic N) is 1. The predicted octanol–water partition coefficient (Wildman–Crippen LogP) is 2.62. The van der Waals surface area contributed by atoms with Crippen molar-refractivity contribution in [1.29, 1.82) is 0 Å². The summed E-state index contributed by atoms with van der Waals surface area (Å²) < 4.78 is 32.8. The van der Waals surface area contributed by atoms with Crippen LogP contribution in [0.2, 0.25) is 0 Å². The fourth-order valence-electron chi connectivity index (χ4n) is 3.01. The van der Waals surface area contributed by atoms with E-state index in [4.69, 9.17) is 10.5 Å². The Morgan fingerprint density at radius 2 is 1.95 bits per heavy atom. The highest BCUT2D eigenvalue weighted by atomic mass is 32.2. The van der Waals surface area contributed by atoms with Crippen molar-refractivity contribution in [2.75, 3.05) is 19.4 Å². The van der Waals surface area contributed by atoms with Gasteiger partial charge in [0.05, 0.1) is 7.11 Å². The highest BCUT2D eigenvalue weighted by Crippen LogP contribution is 2.32. The molecule has 1 aliphatic carbocycles. The molecule has 1 aromatic rings. The first-order chi connectivity index (χ1) is 10.0. The van der Waals surface area contributed by atoms with Crippen LogP contribution in [0.3, 0.4) is 0 Å². The van der Waals surface area contributed by atoms with Crippen molar-refractivity contribution in [3.63, 3.8) is 0 Å². The van der Waals surface area contributed by atoms with Crippen LogP contribution >= 0.6 is 0 Å². The Morgan fingerprint density at radius 1 is 1.29 bits per heavy atom. The highest BCUT2D eigenvalue weighted by Gasteiger charge is 2.33. The van der Waals surface area contributed by atoms with Gasteiger partial charge in [-0.2, -0.15) is 4.31 Å². The molecule has 0 unspecified atom stereocenters. The van der Waals surface area contributed by atoms with Gasteiger partial charge in [-0.3, -0.25) is 0 Å². The van der Waals surface area contributed by atoms with Gasteiger partial charge in [0.25, 0.3) is 0 Å². The smallest absolute Gasteiger partial charge is 0.247 e. The SMILES string of the molecule is CCN(C1CCCCC1)S(=O)(=O)c1cc(N)ccc1OC. The monoisotopic (exact) mass is 312 g/mol. The molecule has 1 saturated carbocycles. The number of rotatable bonds is 5. The van der Waals surface area contributed by atoms with E-state index >= 15 is 0 Å². The fraction of sp³-hybridized carbons (Fsp3) is 0.600. The van der Waals surface area contributed by atoms with E-state index in [1.807, 2.05) is 6.92 Å². The number of nitrogens with two attached hydrogens (primary N) is 1. The first kappa shape index (κ1) is 16.1. The Labute approximate surface area is 127 Å². The summed E-state index contributed by atoms with van der Waals surface area (Å²) in [5, 5.41) is 0. The molecule has 0 spiro atoms. The van der Waals surface area contributed by atoms with Crippen LogP contribution in [-0.2, 0) is 10.0 Å². The second-order valence-electron chi connectivity index (χ2n) is 5.41. The second kappa shape index (κ2) is 6.66. The van der Waals surface area contributed by atoms with Crippen LogP contribution < -0.4 is 10.5 Å². The van der Waals surface area contributed by atoms with Crippen LogP contribution in [0.25, 0.3) is 0 Å². The van der Waals surface area contributed by atoms with E-state index in [0.29, 0.717) is 18.0 Å². The largest absolute Gasteiger partial charge is 0.495 e. The number of anilines is 1. The van der Waals surface area contributed by atoms with Gasteiger partial charge in [0.15, 0.2) is 0 Å². The highest BCUT2D eigenvalue weighted by molar-refractivity contribution is 7.89. The predicted molar refractivity (Wildman–Crippen MR) is 83.8 cm³/mol. The average Bonchev–Trinajstić information content (AvgIpc) is 2.49. The maximum atomic E-state index is 13.0. The Hall–Kier alpha value is -1.27. The van der Waals surface area contributed by atoms with Crippen LogP contribution in [0.15, 0.2) is 23.1 Å². The van der Waals surface area contributed by atoms with Gasteiger partial charge in [-0.1, -0.05) is 26.2 Å². The van der Waals surface area contributed by atoms with Gasteiger partial charge in [0.2, 0.25) is 10.0 Å². The van der Waals surface area contributed by atoms with E-state index in [0.717, 1.165) is 25.7 Å². The molecule has 2 rings (SSSR count). The van der Waals surface area contributed by atoms with Crippen molar-refractivity contribution in [3.8, 4) is 5.75 Å². The molecule has 2 N–H and O–H groups in total. The summed E-state index contributed by atoms with van der Waals surface area (Å²) in [4.78, 5) is 0.164. The lowest BCUT2D eigenvalue weighted by molar-refractivity contribution is 0.260. The lowest BCUT2D eigenvalue weighted by Crippen LogP contribution is -2.41. The zero-order chi connectivity index (χ0) is 15.5. The van der Waals surface area contributed by atoms with Crippen LogP contribution in [-0.4, -0.2) is 32.4 Å². The molecule has 0 radical (unpaired) electrons. The minimum Gasteiger partial charge on any atom is -0.495 e. The van der Waals surface area contributed by atoms with Gasteiger partial charge in [-0.25, -0.2) is 8.42 Å². The number of methoxy groups -OCH3 is 1. The molecule has 0 amide bonds. The zero-order valence-corrected chi connectivity index (χ0v) is 13.5. The van der Waals surface area contributed by atoms with E-state index in [1.165, 1.54) is 19.6 Å². The summed E-state index contributed by atoms with van der Waals surface area (Å²) in [6, 6.07) is 4.82. The van der Waals surface area contributed by atoms with Gasteiger partial charge in [-0.15, -0.1) is 0 Å². The molecule has 118 valence electrons. The van der Waals surface area contributed by atoms with E-state index in [1.54, 1.807) is 16.4 Å². The van der Waals surface area contributed by atoms with Crippen molar-refractivity contribution < 1.29 is 13.2 Å². The maximum Gasteiger partial charge on any atom is 0.247 e. The van der Waals surface area contributed by atoms with Crippen LogP contribution in [0, 0.1) is 0 Å². The molecule has 0 bridgehead atoms. The van der Waals surface area contributed by atoms with E-state index in [9.17, 15) is 8.42 Å². The van der Waals surface area contributed by atoms with Crippen molar-refractivity contribution in [2.45, 2.75) is 50.0 Å². The molecular weight excluding hydrogens is 288 g/mol. The number of ether oxygens (including phenoxy) is 1. The van der Waals surface area contributed by atoms with Gasteiger partial charge < -0.3 is 10.5 Å². The lowest BCUT2D eigenvalue weighted by atomic mass is 9.95. The van der Waals surface area contributed by atoms with Crippen LogP contribution in [0.4, 0.5) is 5.69 Å². The number of benzene rings is 1. The van der Waals surface area contributed by atoms with Gasteiger partial charge >= 0.3 is 0 Å². The molecule has 1 aliphatic rings. The maximum absolute atomic E-state index is 13.0. The summed E-state index contributed by atoms with van der Waals surface area (Å²) in [5.41, 5.74) is 6.19. The van der Waals surface area contributed by atoms with E-state index in [-0.39, 0.29) is 10.9 Å². The fourth-order valence-corrected chi connectivity index (χ4v) is 4.90. The molecule has 6 heteroatoms. The Morgan fingerprint density at radius 3 is 2.52 bits per heavy atom. The summed E-state index contributed by atoms with van der Waals surface area (Å²) in [5.74, 6) is 0.346. The van der Waals surface area contributed by atoms with Crippen molar-refractivity contribution in [2.24, 2.45) is 0 Å². The summed E-state index contributed by atoms with van der Waals surface area (Å²) in [7, 11) is -2.11. The van der Waals surface area contributed by atoms with Gasteiger partial charge in [0.1, 0.15) is 10.6 Å². The average molecular weight is 312 g/mol. The third-order valence-corrected chi connectivity index (χ3v) is 6.12. The van der Waals surface area contributed by atoms with Gasteiger partial charge in [-0.05, 0) is 31.0 Å².